The van der Waals surface area contributed by atoms with Crippen molar-refractivity contribution in [2.75, 3.05) is 0 Å². The molecule has 1 aromatic carbocycles. The molecule has 140 valence electrons. The molecule has 0 saturated heterocycles. The highest BCUT2D eigenvalue weighted by Crippen LogP contribution is 2.36. The number of benzene rings is 1. The largest absolute Gasteiger partial charge is 0.300 e. The molecule has 0 aliphatic heterocycles. The first kappa shape index (κ1) is 18.1. The van der Waals surface area contributed by atoms with E-state index in [4.69, 9.17) is 4.98 Å². The molecule has 4 rings (SSSR count). The van der Waals surface area contributed by atoms with Crippen LogP contribution >= 0.6 is 11.3 Å². The molecule has 4 nitrogen and oxygen atoms in total. The third kappa shape index (κ3) is 3.61. The maximum absolute atomic E-state index is 13.4. The number of Topliss-reactive ketones (excluding diaryl/α,β-unsaturated/α-hetero) is 1. The number of carbonyl (C=O) groups excluding carboxylic acids is 1. The number of nitrogens with zero attached hydrogens (tertiary/aromatic N) is 2. The van der Waals surface area contributed by atoms with Crippen molar-refractivity contribution >= 4 is 27.3 Å². The van der Waals surface area contributed by atoms with Crippen molar-refractivity contribution in [3.8, 4) is 0 Å². The zero-order valence-corrected chi connectivity index (χ0v) is 16.6. The summed E-state index contributed by atoms with van der Waals surface area (Å²) in [7, 11) is 0. The van der Waals surface area contributed by atoms with Gasteiger partial charge in [0.25, 0.3) is 5.56 Å². The summed E-state index contributed by atoms with van der Waals surface area (Å²) in [5.74, 6) is 1.51. The van der Waals surface area contributed by atoms with Crippen molar-refractivity contribution in [1.82, 2.24) is 9.55 Å². The number of fused-ring (bicyclic) bond motifs is 3. The molecule has 1 aliphatic carbocycles. The SMILES string of the molecule is CC(=O)CCn1c(Cc2ccccc2)nc2sc3c(c2c1=O)CCC(C)C3. The predicted octanol–water partition coefficient (Wildman–Crippen LogP) is 4.15. The van der Waals surface area contributed by atoms with Crippen LogP contribution in [-0.4, -0.2) is 15.3 Å². The van der Waals surface area contributed by atoms with E-state index in [-0.39, 0.29) is 11.3 Å². The molecule has 0 amide bonds. The first-order chi connectivity index (χ1) is 13.0. The molecule has 2 heterocycles. The van der Waals surface area contributed by atoms with E-state index in [1.165, 1.54) is 10.4 Å². The lowest BCUT2D eigenvalue weighted by Gasteiger charge is -2.18. The summed E-state index contributed by atoms with van der Waals surface area (Å²) < 4.78 is 1.74. The summed E-state index contributed by atoms with van der Waals surface area (Å²) in [6, 6.07) is 10.1. The van der Waals surface area contributed by atoms with Crippen molar-refractivity contribution in [2.24, 2.45) is 5.92 Å². The molecule has 27 heavy (non-hydrogen) atoms. The zero-order valence-electron chi connectivity index (χ0n) is 15.8. The highest BCUT2D eigenvalue weighted by molar-refractivity contribution is 7.18. The fourth-order valence-electron chi connectivity index (χ4n) is 3.88. The number of carbonyl (C=O) groups is 1. The molecule has 0 N–H and O–H groups in total. The Hall–Kier alpha value is -2.27. The van der Waals surface area contributed by atoms with E-state index in [0.29, 0.717) is 25.3 Å². The van der Waals surface area contributed by atoms with Crippen LogP contribution in [0.25, 0.3) is 10.2 Å². The fraction of sp³-hybridized carbons (Fsp3) is 0.409. The topological polar surface area (TPSA) is 52.0 Å². The van der Waals surface area contributed by atoms with Gasteiger partial charge in [-0.3, -0.25) is 14.2 Å². The second kappa shape index (κ2) is 7.39. The quantitative estimate of drug-likeness (QED) is 0.668. The molecule has 0 bridgehead atoms. The Balaban J connectivity index is 1.86. The Labute approximate surface area is 162 Å². The highest BCUT2D eigenvalue weighted by atomic mass is 32.1. The van der Waals surface area contributed by atoms with Crippen LogP contribution in [0.2, 0.25) is 0 Å². The molecule has 1 aliphatic rings. The average molecular weight is 381 g/mol. The van der Waals surface area contributed by atoms with Crippen molar-refractivity contribution in [3.05, 3.63) is 62.5 Å². The molecule has 1 unspecified atom stereocenters. The monoisotopic (exact) mass is 380 g/mol. The maximum Gasteiger partial charge on any atom is 0.262 e. The van der Waals surface area contributed by atoms with Gasteiger partial charge < -0.3 is 0 Å². The molecular weight excluding hydrogens is 356 g/mol. The van der Waals surface area contributed by atoms with Gasteiger partial charge in [-0.1, -0.05) is 37.3 Å². The first-order valence-electron chi connectivity index (χ1n) is 9.60. The summed E-state index contributed by atoms with van der Waals surface area (Å²) in [6.07, 6.45) is 4.08. The summed E-state index contributed by atoms with van der Waals surface area (Å²) in [4.78, 5) is 32.0. The Kier molecular flexibility index (Phi) is 4.96. The number of hydrogen-bond acceptors (Lipinski definition) is 4. The molecule has 5 heteroatoms. The van der Waals surface area contributed by atoms with Gasteiger partial charge in [0, 0.05) is 24.3 Å². The van der Waals surface area contributed by atoms with Crippen LogP contribution in [0, 0.1) is 5.92 Å². The van der Waals surface area contributed by atoms with Gasteiger partial charge in [0.05, 0.1) is 5.39 Å². The summed E-state index contributed by atoms with van der Waals surface area (Å²) in [6.45, 7) is 4.24. The van der Waals surface area contributed by atoms with E-state index >= 15 is 0 Å². The van der Waals surface area contributed by atoms with Crippen LogP contribution < -0.4 is 5.56 Å². The van der Waals surface area contributed by atoms with Crippen molar-refractivity contribution in [2.45, 2.75) is 52.5 Å². The minimum absolute atomic E-state index is 0.0271. The minimum atomic E-state index is 0.0271. The lowest BCUT2D eigenvalue weighted by molar-refractivity contribution is -0.117. The average Bonchev–Trinajstić information content (AvgIpc) is 2.99. The molecule has 0 saturated carbocycles. The lowest BCUT2D eigenvalue weighted by Crippen LogP contribution is -2.27. The molecule has 1 atom stereocenters. The van der Waals surface area contributed by atoms with Crippen LogP contribution in [0.4, 0.5) is 0 Å². The van der Waals surface area contributed by atoms with Gasteiger partial charge in [-0.15, -0.1) is 11.3 Å². The van der Waals surface area contributed by atoms with Gasteiger partial charge in [-0.05, 0) is 43.2 Å². The van der Waals surface area contributed by atoms with E-state index in [2.05, 4.69) is 6.92 Å². The van der Waals surface area contributed by atoms with Crippen LogP contribution in [0.15, 0.2) is 35.1 Å². The van der Waals surface area contributed by atoms with E-state index < -0.39 is 0 Å². The fourth-order valence-corrected chi connectivity index (χ4v) is 5.27. The zero-order chi connectivity index (χ0) is 19.0. The summed E-state index contributed by atoms with van der Waals surface area (Å²) >= 11 is 1.68. The van der Waals surface area contributed by atoms with E-state index in [1.807, 2.05) is 30.3 Å². The van der Waals surface area contributed by atoms with Crippen molar-refractivity contribution in [1.29, 1.82) is 0 Å². The third-order valence-corrected chi connectivity index (χ3v) is 6.54. The van der Waals surface area contributed by atoms with Gasteiger partial charge in [0.15, 0.2) is 0 Å². The second-order valence-electron chi connectivity index (χ2n) is 7.63. The third-order valence-electron chi connectivity index (χ3n) is 5.39. The smallest absolute Gasteiger partial charge is 0.262 e. The maximum atomic E-state index is 13.4. The first-order valence-corrected chi connectivity index (χ1v) is 10.4. The van der Waals surface area contributed by atoms with Crippen molar-refractivity contribution in [3.63, 3.8) is 0 Å². The number of hydrogen-bond donors (Lipinski definition) is 0. The normalized spacial score (nSPS) is 16.4. The number of rotatable bonds is 5. The van der Waals surface area contributed by atoms with E-state index in [0.717, 1.165) is 40.9 Å². The van der Waals surface area contributed by atoms with Gasteiger partial charge in [-0.25, -0.2) is 4.98 Å². The second-order valence-corrected chi connectivity index (χ2v) is 8.71. The standard InChI is InChI=1S/C22H24N2O2S/c1-14-8-9-17-18(12-14)27-21-20(17)22(26)24(11-10-15(2)25)19(23-21)13-16-6-4-3-5-7-16/h3-7,14H,8-13H2,1-2H3. The lowest BCUT2D eigenvalue weighted by atomic mass is 9.89. The highest BCUT2D eigenvalue weighted by Gasteiger charge is 2.24. The van der Waals surface area contributed by atoms with Crippen LogP contribution in [0.1, 0.15) is 48.5 Å². The number of aromatic nitrogens is 2. The molecule has 3 aromatic rings. The van der Waals surface area contributed by atoms with Gasteiger partial charge in [0.2, 0.25) is 0 Å². The predicted molar refractivity (Wildman–Crippen MR) is 110 cm³/mol. The summed E-state index contributed by atoms with van der Waals surface area (Å²) in [5.41, 5.74) is 2.35. The van der Waals surface area contributed by atoms with Crippen LogP contribution in [0.3, 0.4) is 0 Å². The Bertz CT molecular complexity index is 1050. The number of ketones is 1. The van der Waals surface area contributed by atoms with Crippen LogP contribution in [0.5, 0.6) is 0 Å². The molecule has 0 radical (unpaired) electrons. The Morgan fingerprint density at radius 1 is 1.30 bits per heavy atom. The van der Waals surface area contributed by atoms with Gasteiger partial charge >= 0.3 is 0 Å². The van der Waals surface area contributed by atoms with E-state index in [9.17, 15) is 9.59 Å². The van der Waals surface area contributed by atoms with Crippen molar-refractivity contribution < 1.29 is 4.79 Å². The Morgan fingerprint density at radius 3 is 2.81 bits per heavy atom. The molecular formula is C22H24N2O2S. The number of thiophene rings is 1. The molecule has 0 spiro atoms. The minimum Gasteiger partial charge on any atom is -0.300 e. The summed E-state index contributed by atoms with van der Waals surface area (Å²) in [5, 5.41) is 0.794. The number of aryl methyl sites for hydroxylation is 1. The van der Waals surface area contributed by atoms with E-state index in [1.54, 1.807) is 22.8 Å². The van der Waals surface area contributed by atoms with Crippen LogP contribution in [-0.2, 0) is 30.6 Å². The van der Waals surface area contributed by atoms with Gasteiger partial charge in [0.1, 0.15) is 16.4 Å². The molecule has 0 fully saturated rings. The Morgan fingerprint density at radius 2 is 2.07 bits per heavy atom. The molecule has 2 aromatic heterocycles. The van der Waals surface area contributed by atoms with Gasteiger partial charge in [-0.2, -0.15) is 0 Å².